The fraction of sp³-hybridized carbons (Fsp3) is 0.417. The van der Waals surface area contributed by atoms with Crippen LogP contribution in [0.2, 0.25) is 0 Å². The number of benzene rings is 1. The molecule has 1 fully saturated rings. The molecule has 0 unspecified atom stereocenters. The zero-order valence-corrected chi connectivity index (χ0v) is 11.6. The zero-order valence-electron chi connectivity index (χ0n) is 9.96. The molecule has 2 rings (SSSR count). The van der Waals surface area contributed by atoms with Gasteiger partial charge in [0, 0.05) is 31.9 Å². The van der Waals surface area contributed by atoms with Gasteiger partial charge in [-0.05, 0) is 17.7 Å². The average molecular weight is 293 g/mol. The number of aliphatic carboxylic acids is 1. The Balaban J connectivity index is 0.00000144. The summed E-state index contributed by atoms with van der Waals surface area (Å²) in [4.78, 5) is 12.9. The minimum atomic E-state index is -0.780. The smallest absolute Gasteiger partial charge is 0.307 e. The summed E-state index contributed by atoms with van der Waals surface area (Å²) >= 11 is 0. The minimum Gasteiger partial charge on any atom is -0.481 e. The maximum atomic E-state index is 10.6. The summed E-state index contributed by atoms with van der Waals surface area (Å²) in [7, 11) is 0. The Labute approximate surface area is 119 Å². The standard InChI is InChI=1S/C12H16N2O2.2ClH/c15-12(16)9-10-2-1-3-11(8-10)14-6-4-13-5-7-14;;/h1-3,8,13H,4-7,9H2,(H,15,16);2*1H. The SMILES string of the molecule is Cl.Cl.O=C(O)Cc1cccc(N2CCNCC2)c1. The molecular weight excluding hydrogens is 275 g/mol. The summed E-state index contributed by atoms with van der Waals surface area (Å²) in [6.07, 6.45) is 0.0972. The molecule has 4 nitrogen and oxygen atoms in total. The van der Waals surface area contributed by atoms with Crippen molar-refractivity contribution >= 4 is 36.5 Å². The molecule has 0 radical (unpaired) electrons. The summed E-state index contributed by atoms with van der Waals surface area (Å²) in [5, 5.41) is 12.0. The topological polar surface area (TPSA) is 52.6 Å². The first-order valence-corrected chi connectivity index (χ1v) is 5.52. The van der Waals surface area contributed by atoms with Crippen LogP contribution < -0.4 is 10.2 Å². The van der Waals surface area contributed by atoms with Crippen molar-refractivity contribution in [2.75, 3.05) is 31.1 Å². The van der Waals surface area contributed by atoms with Crippen LogP contribution in [-0.2, 0) is 11.2 Å². The van der Waals surface area contributed by atoms with Crippen LogP contribution in [0.15, 0.2) is 24.3 Å². The van der Waals surface area contributed by atoms with Crippen LogP contribution in [-0.4, -0.2) is 37.3 Å². The summed E-state index contributed by atoms with van der Waals surface area (Å²) in [6, 6.07) is 7.80. The number of halogens is 2. The van der Waals surface area contributed by atoms with E-state index in [2.05, 4.69) is 10.2 Å². The normalized spacial score (nSPS) is 14.3. The lowest BCUT2D eigenvalue weighted by Crippen LogP contribution is -2.43. The van der Waals surface area contributed by atoms with E-state index >= 15 is 0 Å². The Morgan fingerprint density at radius 3 is 2.56 bits per heavy atom. The first-order chi connectivity index (χ1) is 7.75. The van der Waals surface area contributed by atoms with Crippen LogP contribution in [0.25, 0.3) is 0 Å². The van der Waals surface area contributed by atoms with E-state index in [1.807, 2.05) is 24.3 Å². The molecule has 1 heterocycles. The highest BCUT2D eigenvalue weighted by Crippen LogP contribution is 2.17. The van der Waals surface area contributed by atoms with Crippen molar-refractivity contribution in [2.24, 2.45) is 0 Å². The van der Waals surface area contributed by atoms with Gasteiger partial charge in [0.25, 0.3) is 0 Å². The predicted molar refractivity (Wildman–Crippen MR) is 77.4 cm³/mol. The lowest BCUT2D eigenvalue weighted by molar-refractivity contribution is -0.136. The molecule has 1 aliphatic rings. The summed E-state index contributed by atoms with van der Waals surface area (Å²) in [5.41, 5.74) is 1.99. The molecule has 0 aliphatic carbocycles. The molecular formula is C12H18Cl2N2O2. The zero-order chi connectivity index (χ0) is 11.4. The number of hydrogen-bond acceptors (Lipinski definition) is 3. The van der Waals surface area contributed by atoms with E-state index in [-0.39, 0.29) is 31.2 Å². The molecule has 0 amide bonds. The largest absolute Gasteiger partial charge is 0.481 e. The molecule has 6 heteroatoms. The van der Waals surface area contributed by atoms with Crippen molar-refractivity contribution in [3.05, 3.63) is 29.8 Å². The monoisotopic (exact) mass is 292 g/mol. The van der Waals surface area contributed by atoms with E-state index in [9.17, 15) is 4.79 Å². The highest BCUT2D eigenvalue weighted by Gasteiger charge is 2.10. The van der Waals surface area contributed by atoms with Crippen LogP contribution in [0.3, 0.4) is 0 Å². The molecule has 0 aromatic heterocycles. The molecule has 1 aromatic carbocycles. The van der Waals surface area contributed by atoms with Crippen LogP contribution >= 0.6 is 24.8 Å². The van der Waals surface area contributed by atoms with Gasteiger partial charge in [-0.2, -0.15) is 0 Å². The van der Waals surface area contributed by atoms with Gasteiger partial charge in [0.05, 0.1) is 6.42 Å². The van der Waals surface area contributed by atoms with Gasteiger partial charge in [-0.15, -0.1) is 24.8 Å². The minimum absolute atomic E-state index is 0. The van der Waals surface area contributed by atoms with Gasteiger partial charge in [-0.25, -0.2) is 0 Å². The third kappa shape index (κ3) is 4.72. The number of nitrogens with one attached hydrogen (secondary N) is 1. The molecule has 2 N–H and O–H groups in total. The van der Waals surface area contributed by atoms with Gasteiger partial charge >= 0.3 is 5.97 Å². The van der Waals surface area contributed by atoms with Gasteiger partial charge in [-0.1, -0.05) is 12.1 Å². The van der Waals surface area contributed by atoms with E-state index in [1.54, 1.807) is 0 Å². The number of piperazine rings is 1. The molecule has 1 saturated heterocycles. The molecule has 1 aromatic rings. The quantitative estimate of drug-likeness (QED) is 0.888. The van der Waals surface area contributed by atoms with Gasteiger partial charge in [0.2, 0.25) is 0 Å². The average Bonchev–Trinajstić information content (AvgIpc) is 2.30. The van der Waals surface area contributed by atoms with Crippen molar-refractivity contribution in [3.8, 4) is 0 Å². The van der Waals surface area contributed by atoms with Crippen molar-refractivity contribution in [3.63, 3.8) is 0 Å². The van der Waals surface area contributed by atoms with Crippen molar-refractivity contribution in [1.82, 2.24) is 5.32 Å². The van der Waals surface area contributed by atoms with Gasteiger partial charge in [-0.3, -0.25) is 4.79 Å². The Bertz CT molecular complexity index is 382. The predicted octanol–water partition coefficient (Wildman–Crippen LogP) is 1.57. The molecule has 0 saturated carbocycles. The van der Waals surface area contributed by atoms with Crippen LogP contribution in [0.1, 0.15) is 5.56 Å². The summed E-state index contributed by atoms with van der Waals surface area (Å²) in [5.74, 6) is -0.780. The molecule has 1 aliphatic heterocycles. The maximum absolute atomic E-state index is 10.6. The van der Waals surface area contributed by atoms with Crippen molar-refractivity contribution in [1.29, 1.82) is 0 Å². The van der Waals surface area contributed by atoms with E-state index in [4.69, 9.17) is 5.11 Å². The summed E-state index contributed by atoms with van der Waals surface area (Å²) in [6.45, 7) is 3.94. The number of hydrogen-bond donors (Lipinski definition) is 2. The van der Waals surface area contributed by atoms with E-state index in [1.165, 1.54) is 0 Å². The van der Waals surface area contributed by atoms with E-state index in [0.717, 1.165) is 37.4 Å². The number of rotatable bonds is 3. The lowest BCUT2D eigenvalue weighted by atomic mass is 10.1. The fourth-order valence-corrected chi connectivity index (χ4v) is 1.96. The fourth-order valence-electron chi connectivity index (χ4n) is 1.96. The highest BCUT2D eigenvalue weighted by molar-refractivity contribution is 5.85. The van der Waals surface area contributed by atoms with Crippen LogP contribution in [0.5, 0.6) is 0 Å². The van der Waals surface area contributed by atoms with Gasteiger partial charge in [0.15, 0.2) is 0 Å². The second kappa shape index (κ2) is 8.19. The molecule has 0 atom stereocenters. The first-order valence-electron chi connectivity index (χ1n) is 5.52. The van der Waals surface area contributed by atoms with Crippen LogP contribution in [0.4, 0.5) is 5.69 Å². The number of carbonyl (C=O) groups is 1. The number of nitrogens with zero attached hydrogens (tertiary/aromatic N) is 1. The third-order valence-corrected chi connectivity index (χ3v) is 2.75. The van der Waals surface area contributed by atoms with Gasteiger partial charge in [0.1, 0.15) is 0 Å². The molecule has 102 valence electrons. The molecule has 0 spiro atoms. The third-order valence-electron chi connectivity index (χ3n) is 2.75. The first kappa shape index (κ1) is 17.0. The maximum Gasteiger partial charge on any atom is 0.307 e. The Hall–Kier alpha value is -0.970. The van der Waals surface area contributed by atoms with Crippen LogP contribution in [0, 0.1) is 0 Å². The van der Waals surface area contributed by atoms with Crippen molar-refractivity contribution in [2.45, 2.75) is 6.42 Å². The Morgan fingerprint density at radius 2 is 1.94 bits per heavy atom. The Morgan fingerprint density at radius 1 is 1.28 bits per heavy atom. The highest BCUT2D eigenvalue weighted by atomic mass is 35.5. The van der Waals surface area contributed by atoms with Crippen molar-refractivity contribution < 1.29 is 9.90 Å². The van der Waals surface area contributed by atoms with E-state index < -0.39 is 5.97 Å². The number of anilines is 1. The number of carboxylic acids is 1. The number of carboxylic acid groups (broad SMARTS) is 1. The molecule has 18 heavy (non-hydrogen) atoms. The second-order valence-electron chi connectivity index (χ2n) is 3.98. The molecule has 0 bridgehead atoms. The lowest BCUT2D eigenvalue weighted by Gasteiger charge is -2.29. The summed E-state index contributed by atoms with van der Waals surface area (Å²) < 4.78 is 0. The van der Waals surface area contributed by atoms with E-state index in [0.29, 0.717) is 0 Å². The second-order valence-corrected chi connectivity index (χ2v) is 3.98. The van der Waals surface area contributed by atoms with Gasteiger partial charge < -0.3 is 15.3 Å². The Kier molecular flexibility index (Phi) is 7.75.